The summed E-state index contributed by atoms with van der Waals surface area (Å²) in [6.45, 7) is 0.110. The van der Waals surface area contributed by atoms with Gasteiger partial charge < -0.3 is 4.90 Å². The average Bonchev–Trinajstić information content (AvgIpc) is 3.26. The first kappa shape index (κ1) is 23.1. The summed E-state index contributed by atoms with van der Waals surface area (Å²) < 4.78 is 40.2. The molecule has 1 atom stereocenters. The first-order valence-corrected chi connectivity index (χ1v) is 11.9. The number of para-hydroxylation sites is 1. The lowest BCUT2D eigenvalue weighted by Gasteiger charge is -2.33. The van der Waals surface area contributed by atoms with E-state index in [4.69, 9.17) is 23.2 Å². The van der Waals surface area contributed by atoms with Crippen LogP contribution in [-0.2, 0) is 27.2 Å². The van der Waals surface area contributed by atoms with E-state index in [0.29, 0.717) is 26.9 Å². The molecule has 2 aliphatic heterocycles. The van der Waals surface area contributed by atoms with Gasteiger partial charge in [0, 0.05) is 21.3 Å². The number of nitrogens with zero attached hydrogens (tertiary/aromatic N) is 2. The molecule has 0 aromatic heterocycles. The van der Waals surface area contributed by atoms with Crippen LogP contribution in [0.1, 0.15) is 16.7 Å². The largest absolute Gasteiger partial charge is 0.416 e. The van der Waals surface area contributed by atoms with E-state index in [2.05, 4.69) is 0 Å². The number of alkyl halides is 3. The first-order valence-electron chi connectivity index (χ1n) is 10.1. The fraction of sp³-hybridized carbons (Fsp3) is 0.167. The smallest absolute Gasteiger partial charge is 0.304 e. The van der Waals surface area contributed by atoms with Crippen molar-refractivity contribution in [3.63, 3.8) is 0 Å². The second kappa shape index (κ2) is 8.22. The van der Waals surface area contributed by atoms with Crippen molar-refractivity contribution in [2.45, 2.75) is 17.6 Å². The van der Waals surface area contributed by atoms with Crippen LogP contribution < -0.4 is 9.80 Å². The van der Waals surface area contributed by atoms with Gasteiger partial charge in [-0.15, -0.1) is 11.8 Å². The summed E-state index contributed by atoms with van der Waals surface area (Å²) in [6.07, 6.45) is -4.59. The van der Waals surface area contributed by atoms with Crippen LogP contribution in [-0.4, -0.2) is 17.6 Å². The van der Waals surface area contributed by atoms with E-state index in [1.807, 2.05) is 0 Å². The summed E-state index contributed by atoms with van der Waals surface area (Å²) in [4.78, 5) is 28.2. The molecule has 0 radical (unpaired) electrons. The summed E-state index contributed by atoms with van der Waals surface area (Å²) >= 11 is 13.4. The highest BCUT2D eigenvalue weighted by atomic mass is 35.5. The Morgan fingerprint density at radius 1 is 0.971 bits per heavy atom. The van der Waals surface area contributed by atoms with E-state index < -0.39 is 28.4 Å². The maximum absolute atomic E-state index is 14.0. The second-order valence-electron chi connectivity index (χ2n) is 7.85. The lowest BCUT2D eigenvalue weighted by atomic mass is 10.0. The van der Waals surface area contributed by atoms with Crippen molar-refractivity contribution in [1.82, 2.24) is 0 Å². The molecule has 3 aromatic carbocycles. The maximum atomic E-state index is 14.0. The molecule has 0 N–H and O–H groups in total. The number of carbonyl (C=O) groups excluding carboxylic acids is 2. The van der Waals surface area contributed by atoms with Gasteiger partial charge in [-0.05, 0) is 42.0 Å². The molecule has 0 aliphatic carbocycles. The van der Waals surface area contributed by atoms with Crippen molar-refractivity contribution in [2.24, 2.45) is 0 Å². The molecule has 2 heterocycles. The SMILES string of the molecule is O=C1CS[C@@]2(C(=O)N(Cc3ccc(Cl)cc3Cl)c3ccccc32)N1c1cccc(C(F)(F)F)c1. The summed E-state index contributed by atoms with van der Waals surface area (Å²) in [7, 11) is 0. The first-order chi connectivity index (χ1) is 16.1. The third kappa shape index (κ3) is 3.56. The third-order valence-electron chi connectivity index (χ3n) is 5.84. The van der Waals surface area contributed by atoms with Gasteiger partial charge in [-0.25, -0.2) is 0 Å². The second-order valence-corrected chi connectivity index (χ2v) is 9.87. The lowest BCUT2D eigenvalue weighted by molar-refractivity contribution is -0.137. The zero-order valence-corrected chi connectivity index (χ0v) is 19.6. The monoisotopic (exact) mass is 522 g/mol. The quantitative estimate of drug-likeness (QED) is 0.394. The standard InChI is InChI=1S/C24H15Cl2F3N2O2S/c25-16-9-8-14(19(26)11-16)12-30-20-7-2-1-6-18(20)23(22(30)33)31(21(32)13-34-23)17-5-3-4-15(10-17)24(27,28)29/h1-11H,12-13H2/t23-/m0/s1. The lowest BCUT2D eigenvalue weighted by Crippen LogP contribution is -2.49. The molecule has 1 saturated heterocycles. The van der Waals surface area contributed by atoms with Gasteiger partial charge in [0.2, 0.25) is 10.8 Å². The number of fused-ring (bicyclic) bond motifs is 2. The van der Waals surface area contributed by atoms with E-state index in [1.54, 1.807) is 42.5 Å². The Bertz CT molecular complexity index is 1330. The molecule has 2 amide bonds. The number of carbonyl (C=O) groups is 2. The molecule has 0 bridgehead atoms. The molecular formula is C24H15Cl2F3N2O2S. The van der Waals surface area contributed by atoms with Crippen molar-refractivity contribution in [1.29, 1.82) is 0 Å². The van der Waals surface area contributed by atoms with Crippen LogP contribution in [0.15, 0.2) is 66.7 Å². The number of thioether (sulfide) groups is 1. The minimum atomic E-state index is -4.59. The molecule has 5 rings (SSSR count). The molecule has 3 aromatic rings. The van der Waals surface area contributed by atoms with Gasteiger partial charge in [0.15, 0.2) is 0 Å². The molecule has 34 heavy (non-hydrogen) atoms. The van der Waals surface area contributed by atoms with Crippen LogP contribution >= 0.6 is 35.0 Å². The fourth-order valence-corrected chi connectivity index (χ4v) is 6.18. The highest BCUT2D eigenvalue weighted by Gasteiger charge is 2.61. The van der Waals surface area contributed by atoms with Crippen molar-refractivity contribution in [3.05, 3.63) is 93.5 Å². The summed E-state index contributed by atoms with van der Waals surface area (Å²) in [5, 5.41) is 0.828. The van der Waals surface area contributed by atoms with Gasteiger partial charge in [0.1, 0.15) is 0 Å². The minimum absolute atomic E-state index is 0.0133. The Morgan fingerprint density at radius 2 is 1.74 bits per heavy atom. The topological polar surface area (TPSA) is 40.6 Å². The summed E-state index contributed by atoms with van der Waals surface area (Å²) in [5.74, 6) is -0.918. The molecule has 1 fully saturated rings. The molecule has 10 heteroatoms. The van der Waals surface area contributed by atoms with Crippen molar-refractivity contribution >= 4 is 58.2 Å². The van der Waals surface area contributed by atoms with Gasteiger partial charge >= 0.3 is 6.18 Å². The Balaban J connectivity index is 1.63. The van der Waals surface area contributed by atoms with E-state index in [1.165, 1.54) is 21.9 Å². The molecule has 0 unspecified atom stereocenters. The molecule has 2 aliphatic rings. The Morgan fingerprint density at radius 3 is 2.47 bits per heavy atom. The van der Waals surface area contributed by atoms with Crippen LogP contribution in [0.4, 0.5) is 24.5 Å². The van der Waals surface area contributed by atoms with Crippen LogP contribution in [0.2, 0.25) is 10.0 Å². The van der Waals surface area contributed by atoms with Gasteiger partial charge in [-0.2, -0.15) is 13.2 Å². The summed E-state index contributed by atoms with van der Waals surface area (Å²) in [5.41, 5.74) is 0.870. The number of hydrogen-bond acceptors (Lipinski definition) is 3. The van der Waals surface area contributed by atoms with E-state index in [-0.39, 0.29) is 18.0 Å². The number of halogens is 5. The van der Waals surface area contributed by atoms with Crippen molar-refractivity contribution in [2.75, 3.05) is 15.6 Å². The Kier molecular flexibility index (Phi) is 5.58. The van der Waals surface area contributed by atoms with Gasteiger partial charge in [0.05, 0.1) is 23.5 Å². The fourth-order valence-electron chi connectivity index (χ4n) is 4.35. The summed E-state index contributed by atoms with van der Waals surface area (Å²) in [6, 6.07) is 16.4. The predicted molar refractivity (Wildman–Crippen MR) is 127 cm³/mol. The highest BCUT2D eigenvalue weighted by Crippen LogP contribution is 2.56. The van der Waals surface area contributed by atoms with E-state index in [9.17, 15) is 22.8 Å². The zero-order chi connectivity index (χ0) is 24.3. The van der Waals surface area contributed by atoms with Crippen LogP contribution in [0.25, 0.3) is 0 Å². The minimum Gasteiger partial charge on any atom is -0.304 e. The predicted octanol–water partition coefficient (Wildman–Crippen LogP) is 6.49. The van der Waals surface area contributed by atoms with Gasteiger partial charge in [-0.1, -0.05) is 53.5 Å². The average molecular weight is 523 g/mol. The van der Waals surface area contributed by atoms with E-state index in [0.717, 1.165) is 23.9 Å². The van der Waals surface area contributed by atoms with Crippen molar-refractivity contribution < 1.29 is 22.8 Å². The Hall–Kier alpha value is -2.68. The van der Waals surface area contributed by atoms with Crippen LogP contribution in [0.3, 0.4) is 0 Å². The number of benzene rings is 3. The number of hydrogen-bond donors (Lipinski definition) is 0. The van der Waals surface area contributed by atoms with Crippen LogP contribution in [0.5, 0.6) is 0 Å². The number of anilines is 2. The molecule has 1 spiro atoms. The molecule has 174 valence electrons. The normalized spacial score (nSPS) is 19.9. The number of rotatable bonds is 3. The van der Waals surface area contributed by atoms with Gasteiger partial charge in [0.25, 0.3) is 5.91 Å². The van der Waals surface area contributed by atoms with Crippen molar-refractivity contribution in [3.8, 4) is 0 Å². The number of amides is 2. The molecular weight excluding hydrogens is 508 g/mol. The molecule has 4 nitrogen and oxygen atoms in total. The van der Waals surface area contributed by atoms with Crippen LogP contribution in [0, 0.1) is 0 Å². The third-order valence-corrected chi connectivity index (χ3v) is 7.81. The molecule has 0 saturated carbocycles. The zero-order valence-electron chi connectivity index (χ0n) is 17.3. The van der Waals surface area contributed by atoms with Gasteiger partial charge in [-0.3, -0.25) is 14.5 Å². The maximum Gasteiger partial charge on any atom is 0.416 e. The highest BCUT2D eigenvalue weighted by molar-refractivity contribution is 8.02. The Labute approximate surface area is 207 Å². The van der Waals surface area contributed by atoms with E-state index >= 15 is 0 Å².